The molecule has 0 aromatic carbocycles. The summed E-state index contributed by atoms with van der Waals surface area (Å²) in [6.07, 6.45) is 8.36. The van der Waals surface area contributed by atoms with Crippen LogP contribution in [-0.4, -0.2) is 35.3 Å². The van der Waals surface area contributed by atoms with E-state index in [0.29, 0.717) is 35.3 Å². The van der Waals surface area contributed by atoms with Gasteiger partial charge in [-0.3, -0.25) is 4.79 Å². The van der Waals surface area contributed by atoms with Gasteiger partial charge in [-0.15, -0.1) is 0 Å². The van der Waals surface area contributed by atoms with Gasteiger partial charge in [0.1, 0.15) is 11.6 Å². The maximum atomic E-state index is 12.5. The molecule has 0 unspecified atom stereocenters. The van der Waals surface area contributed by atoms with Crippen LogP contribution in [0.1, 0.15) is 44.1 Å². The number of nitrogen functional groups attached to an aromatic ring is 1. The Morgan fingerprint density at radius 1 is 1.13 bits per heavy atom. The number of nitrogens with two attached hydrogens (primary N) is 2. The van der Waals surface area contributed by atoms with Crippen LogP contribution < -0.4 is 22.3 Å². The van der Waals surface area contributed by atoms with Crippen LogP contribution in [0.3, 0.4) is 0 Å². The summed E-state index contributed by atoms with van der Waals surface area (Å²) < 4.78 is 5.43. The second-order valence-electron chi connectivity index (χ2n) is 8.52. The number of rotatable bonds is 5. The number of hydrogen-bond acceptors (Lipinski definition) is 6. The third-order valence-electron chi connectivity index (χ3n) is 6.27. The van der Waals surface area contributed by atoms with Gasteiger partial charge >= 0.3 is 0 Å². The van der Waals surface area contributed by atoms with Crippen LogP contribution in [0.15, 0.2) is 23.1 Å². The molecule has 1 saturated heterocycles. The van der Waals surface area contributed by atoms with Crippen molar-refractivity contribution in [3.63, 3.8) is 0 Å². The highest BCUT2D eigenvalue weighted by atomic mass is 35.5. The van der Waals surface area contributed by atoms with Crippen molar-refractivity contribution in [3.05, 3.63) is 39.3 Å². The number of nitrogens with zero attached hydrogens (tertiary/aromatic N) is 1. The predicted molar refractivity (Wildman–Crippen MR) is 121 cm³/mol. The van der Waals surface area contributed by atoms with Gasteiger partial charge in [0.2, 0.25) is 0 Å². The Bertz CT molecular complexity index is 934. The van der Waals surface area contributed by atoms with Crippen molar-refractivity contribution in [3.8, 4) is 11.1 Å². The van der Waals surface area contributed by atoms with E-state index in [2.05, 4.69) is 15.3 Å². The van der Waals surface area contributed by atoms with Gasteiger partial charge in [0, 0.05) is 48.2 Å². The number of ether oxygens (including phenoxy) is 1. The fourth-order valence-electron chi connectivity index (χ4n) is 4.42. The molecule has 0 amide bonds. The molecule has 8 heteroatoms. The minimum absolute atomic E-state index is 0.134. The molecule has 30 heavy (non-hydrogen) atoms. The zero-order chi connectivity index (χ0) is 21.1. The molecule has 2 aliphatic rings. The second-order valence-corrected chi connectivity index (χ2v) is 8.92. The van der Waals surface area contributed by atoms with Crippen LogP contribution in [-0.2, 0) is 11.2 Å². The minimum Gasteiger partial charge on any atom is -0.385 e. The smallest absolute Gasteiger partial charge is 0.252 e. The van der Waals surface area contributed by atoms with E-state index < -0.39 is 0 Å². The Hall–Kier alpha value is -2.09. The minimum atomic E-state index is -0.134. The van der Waals surface area contributed by atoms with Crippen molar-refractivity contribution in [1.29, 1.82) is 0 Å². The van der Waals surface area contributed by atoms with E-state index in [1.165, 1.54) is 0 Å². The average Bonchev–Trinajstić information content (AvgIpc) is 2.74. The zero-order valence-electron chi connectivity index (χ0n) is 17.1. The van der Waals surface area contributed by atoms with Crippen LogP contribution >= 0.6 is 11.6 Å². The molecular weight excluding hydrogens is 402 g/mol. The van der Waals surface area contributed by atoms with Crippen molar-refractivity contribution in [2.45, 2.75) is 57.0 Å². The number of H-pyrrole nitrogens is 1. The number of nitrogens with one attached hydrogen (secondary N) is 2. The molecule has 1 aliphatic heterocycles. The van der Waals surface area contributed by atoms with Crippen LogP contribution in [0.25, 0.3) is 11.1 Å². The normalized spacial score (nSPS) is 22.7. The van der Waals surface area contributed by atoms with Crippen molar-refractivity contribution in [2.24, 2.45) is 11.7 Å². The quantitative estimate of drug-likeness (QED) is 0.576. The number of aromatic amines is 1. The maximum Gasteiger partial charge on any atom is 0.252 e. The highest BCUT2D eigenvalue weighted by Gasteiger charge is 2.21. The molecular formula is C22H30ClN5O2. The Kier molecular flexibility index (Phi) is 6.61. The van der Waals surface area contributed by atoms with Crippen LogP contribution in [0, 0.1) is 5.92 Å². The lowest BCUT2D eigenvalue weighted by Crippen LogP contribution is -2.33. The number of pyridine rings is 2. The number of anilines is 2. The lowest BCUT2D eigenvalue weighted by molar-refractivity contribution is 0.0664. The average molecular weight is 432 g/mol. The molecule has 1 aliphatic carbocycles. The van der Waals surface area contributed by atoms with Gasteiger partial charge in [-0.2, -0.15) is 0 Å². The number of hydrogen-bond donors (Lipinski definition) is 4. The summed E-state index contributed by atoms with van der Waals surface area (Å²) in [7, 11) is 0. The molecule has 0 spiro atoms. The lowest BCUT2D eigenvalue weighted by atomic mass is 9.91. The van der Waals surface area contributed by atoms with Crippen molar-refractivity contribution < 1.29 is 4.74 Å². The van der Waals surface area contributed by atoms with E-state index in [4.69, 9.17) is 27.8 Å². The number of halogens is 1. The molecule has 7 nitrogen and oxygen atoms in total. The maximum absolute atomic E-state index is 12.5. The van der Waals surface area contributed by atoms with E-state index in [0.717, 1.165) is 74.2 Å². The Morgan fingerprint density at radius 2 is 1.87 bits per heavy atom. The predicted octanol–water partition coefficient (Wildman–Crippen LogP) is 3.32. The first-order chi connectivity index (χ1) is 14.5. The summed E-state index contributed by atoms with van der Waals surface area (Å²) in [5, 5.41) is 4.00. The standard InChI is InChI=1S/C22H30ClN5O2/c23-19-12-26-20(27-16-3-1-15(24)2-4-16)11-17(19)18-10-14(22(29)28-21(18)25)9-13-5-7-30-8-6-13/h10-13,15-16H,1-9,24H2,(H,26,27)(H3,25,28,29). The van der Waals surface area contributed by atoms with Gasteiger partial charge in [0.15, 0.2) is 0 Å². The topological polar surface area (TPSA) is 119 Å². The fraction of sp³-hybridized carbons (Fsp3) is 0.545. The highest BCUT2D eigenvalue weighted by Crippen LogP contribution is 2.33. The van der Waals surface area contributed by atoms with Gasteiger partial charge in [0.05, 0.1) is 5.02 Å². The van der Waals surface area contributed by atoms with Crippen molar-refractivity contribution in [2.75, 3.05) is 24.3 Å². The first kappa shape index (κ1) is 21.2. The molecule has 0 radical (unpaired) electrons. The van der Waals surface area contributed by atoms with Gasteiger partial charge in [-0.1, -0.05) is 11.6 Å². The van der Waals surface area contributed by atoms with E-state index in [9.17, 15) is 4.79 Å². The van der Waals surface area contributed by atoms with Crippen LogP contribution in [0.2, 0.25) is 5.02 Å². The summed E-state index contributed by atoms with van der Waals surface area (Å²) in [6, 6.07) is 4.45. The van der Waals surface area contributed by atoms with Crippen LogP contribution in [0.4, 0.5) is 11.6 Å². The third-order valence-corrected chi connectivity index (χ3v) is 6.57. The molecule has 2 aromatic heterocycles. The summed E-state index contributed by atoms with van der Waals surface area (Å²) in [4.78, 5) is 19.7. The van der Waals surface area contributed by atoms with Gasteiger partial charge in [-0.05, 0) is 63.0 Å². The molecule has 6 N–H and O–H groups in total. The van der Waals surface area contributed by atoms with Gasteiger partial charge in [0.25, 0.3) is 5.56 Å². The first-order valence-electron chi connectivity index (χ1n) is 10.8. The Morgan fingerprint density at radius 3 is 2.60 bits per heavy atom. The molecule has 2 fully saturated rings. The molecule has 4 rings (SSSR count). The molecule has 0 bridgehead atoms. The van der Waals surface area contributed by atoms with Gasteiger partial charge < -0.3 is 26.5 Å². The largest absolute Gasteiger partial charge is 0.385 e. The van der Waals surface area contributed by atoms with Crippen LogP contribution in [0.5, 0.6) is 0 Å². The van der Waals surface area contributed by atoms with Gasteiger partial charge in [-0.25, -0.2) is 4.98 Å². The summed E-state index contributed by atoms with van der Waals surface area (Å²) in [5.74, 6) is 1.52. The Labute approximate surface area is 181 Å². The lowest BCUT2D eigenvalue weighted by Gasteiger charge is -2.27. The Balaban J connectivity index is 1.59. The molecule has 3 heterocycles. The number of aromatic nitrogens is 2. The summed E-state index contributed by atoms with van der Waals surface area (Å²) in [5.41, 5.74) is 14.3. The highest BCUT2D eigenvalue weighted by molar-refractivity contribution is 6.33. The summed E-state index contributed by atoms with van der Waals surface area (Å²) in [6.45, 7) is 1.50. The van der Waals surface area contributed by atoms with E-state index >= 15 is 0 Å². The summed E-state index contributed by atoms with van der Waals surface area (Å²) >= 11 is 6.48. The molecule has 0 atom stereocenters. The third kappa shape index (κ3) is 4.96. The zero-order valence-corrected chi connectivity index (χ0v) is 17.9. The molecule has 1 saturated carbocycles. The van der Waals surface area contributed by atoms with E-state index in [-0.39, 0.29) is 5.56 Å². The van der Waals surface area contributed by atoms with Crippen molar-refractivity contribution >= 4 is 23.2 Å². The molecule has 2 aromatic rings. The van der Waals surface area contributed by atoms with Crippen molar-refractivity contribution in [1.82, 2.24) is 9.97 Å². The first-order valence-corrected chi connectivity index (χ1v) is 11.1. The van der Waals surface area contributed by atoms with E-state index in [1.54, 1.807) is 6.20 Å². The second kappa shape index (κ2) is 9.37. The molecule has 162 valence electrons. The monoisotopic (exact) mass is 431 g/mol. The SMILES string of the molecule is Nc1[nH]c(=O)c(CC2CCOCC2)cc1-c1cc(NC2CCC(N)CC2)ncc1Cl. The fourth-order valence-corrected chi connectivity index (χ4v) is 4.63. The van der Waals surface area contributed by atoms with E-state index in [1.807, 2.05) is 12.1 Å².